The second-order valence-corrected chi connectivity index (χ2v) is 3.20. The van der Waals surface area contributed by atoms with Crippen LogP contribution < -0.4 is 10.5 Å². The van der Waals surface area contributed by atoms with Crippen molar-refractivity contribution in [2.45, 2.75) is 20.3 Å². The van der Waals surface area contributed by atoms with Crippen LogP contribution in [0.4, 0.5) is 5.95 Å². The molecular weight excluding hydrogens is 166 g/mol. The summed E-state index contributed by atoms with van der Waals surface area (Å²) in [6.07, 6.45) is 0.724. The van der Waals surface area contributed by atoms with Gasteiger partial charge in [-0.3, -0.25) is 9.78 Å². The molecule has 1 N–H and O–H groups in total. The molecule has 0 radical (unpaired) electrons. The van der Waals surface area contributed by atoms with Gasteiger partial charge in [0.05, 0.1) is 0 Å². The second kappa shape index (κ2) is 3.60. The number of hydrogen-bond donors (Lipinski definition) is 1. The Morgan fingerprint density at radius 3 is 2.46 bits per heavy atom. The maximum atomic E-state index is 11.5. The molecule has 1 aromatic rings. The maximum absolute atomic E-state index is 11.5. The van der Waals surface area contributed by atoms with Crippen LogP contribution in [0.2, 0.25) is 0 Å². The van der Waals surface area contributed by atoms with E-state index in [-0.39, 0.29) is 5.56 Å². The molecule has 0 spiro atoms. The third-order valence-corrected chi connectivity index (χ3v) is 1.99. The van der Waals surface area contributed by atoms with Gasteiger partial charge in [0.15, 0.2) is 0 Å². The van der Waals surface area contributed by atoms with Crippen LogP contribution in [-0.4, -0.2) is 24.1 Å². The van der Waals surface area contributed by atoms with Crippen LogP contribution in [0.1, 0.15) is 18.2 Å². The van der Waals surface area contributed by atoms with Gasteiger partial charge in [-0.05, 0) is 13.3 Å². The van der Waals surface area contributed by atoms with Crippen molar-refractivity contribution in [3.8, 4) is 0 Å². The number of nitrogens with zero attached hydrogens (tertiary/aromatic N) is 2. The number of anilines is 1. The first-order valence-corrected chi connectivity index (χ1v) is 4.33. The average Bonchev–Trinajstić information content (AvgIpc) is 2.03. The Labute approximate surface area is 77.6 Å². The van der Waals surface area contributed by atoms with Crippen LogP contribution in [0.25, 0.3) is 0 Å². The summed E-state index contributed by atoms with van der Waals surface area (Å²) in [6, 6.07) is 0. The van der Waals surface area contributed by atoms with E-state index in [4.69, 9.17) is 0 Å². The molecule has 0 atom stereocenters. The molecule has 0 bridgehead atoms. The molecule has 0 saturated carbocycles. The highest BCUT2D eigenvalue weighted by atomic mass is 16.1. The number of aromatic nitrogens is 2. The summed E-state index contributed by atoms with van der Waals surface area (Å²) in [5, 5.41) is 0. The predicted octanol–water partition coefficient (Wildman–Crippen LogP) is 0.707. The van der Waals surface area contributed by atoms with Crippen molar-refractivity contribution in [3.05, 3.63) is 21.6 Å². The van der Waals surface area contributed by atoms with Crippen LogP contribution in [0, 0.1) is 6.92 Å². The first-order chi connectivity index (χ1) is 6.06. The average molecular weight is 181 g/mol. The molecule has 1 heterocycles. The topological polar surface area (TPSA) is 49.0 Å². The van der Waals surface area contributed by atoms with Crippen molar-refractivity contribution >= 4 is 5.95 Å². The van der Waals surface area contributed by atoms with Crippen molar-refractivity contribution in [1.29, 1.82) is 0 Å². The highest BCUT2D eigenvalue weighted by Crippen LogP contribution is 2.04. The Bertz CT molecular complexity index is 354. The zero-order valence-corrected chi connectivity index (χ0v) is 8.51. The molecular formula is C9H15N3O. The van der Waals surface area contributed by atoms with Crippen LogP contribution in [0.3, 0.4) is 0 Å². The Kier molecular flexibility index (Phi) is 2.70. The fourth-order valence-corrected chi connectivity index (χ4v) is 1.22. The Morgan fingerprint density at radius 2 is 2.08 bits per heavy atom. The first kappa shape index (κ1) is 9.77. The number of hydrogen-bond acceptors (Lipinski definition) is 3. The van der Waals surface area contributed by atoms with E-state index in [9.17, 15) is 4.79 Å². The van der Waals surface area contributed by atoms with Gasteiger partial charge in [-0.2, -0.15) is 0 Å². The van der Waals surface area contributed by atoms with E-state index < -0.39 is 0 Å². The minimum atomic E-state index is -0.0290. The van der Waals surface area contributed by atoms with Gasteiger partial charge in [-0.25, -0.2) is 4.98 Å². The van der Waals surface area contributed by atoms with Crippen molar-refractivity contribution in [2.24, 2.45) is 0 Å². The van der Waals surface area contributed by atoms with E-state index in [1.165, 1.54) is 0 Å². The summed E-state index contributed by atoms with van der Waals surface area (Å²) in [7, 11) is 3.70. The molecule has 0 aromatic carbocycles. The lowest BCUT2D eigenvalue weighted by Crippen LogP contribution is -2.22. The molecule has 0 aliphatic carbocycles. The lowest BCUT2D eigenvalue weighted by Gasteiger charge is -2.12. The molecule has 13 heavy (non-hydrogen) atoms. The zero-order valence-electron chi connectivity index (χ0n) is 8.51. The summed E-state index contributed by atoms with van der Waals surface area (Å²) < 4.78 is 0. The van der Waals surface area contributed by atoms with E-state index in [1.54, 1.807) is 4.90 Å². The van der Waals surface area contributed by atoms with Gasteiger partial charge in [-0.1, -0.05) is 6.92 Å². The molecule has 72 valence electrons. The molecule has 0 fully saturated rings. The smallest absolute Gasteiger partial charge is 0.255 e. The lowest BCUT2D eigenvalue weighted by atomic mass is 10.2. The van der Waals surface area contributed by atoms with Crippen LogP contribution in [-0.2, 0) is 6.42 Å². The number of aryl methyl sites for hydroxylation is 1. The maximum Gasteiger partial charge on any atom is 0.255 e. The third-order valence-electron chi connectivity index (χ3n) is 1.99. The van der Waals surface area contributed by atoms with Crippen molar-refractivity contribution in [3.63, 3.8) is 0 Å². The van der Waals surface area contributed by atoms with E-state index in [2.05, 4.69) is 9.97 Å². The lowest BCUT2D eigenvalue weighted by molar-refractivity contribution is 0.913. The van der Waals surface area contributed by atoms with Crippen molar-refractivity contribution in [1.82, 2.24) is 9.97 Å². The van der Waals surface area contributed by atoms with E-state index in [0.717, 1.165) is 17.7 Å². The molecule has 0 unspecified atom stereocenters. The van der Waals surface area contributed by atoms with Crippen molar-refractivity contribution in [2.75, 3.05) is 19.0 Å². The highest BCUT2D eigenvalue weighted by molar-refractivity contribution is 5.30. The Morgan fingerprint density at radius 1 is 1.46 bits per heavy atom. The van der Waals surface area contributed by atoms with Crippen LogP contribution in [0.15, 0.2) is 4.79 Å². The Balaban J connectivity index is 3.29. The van der Waals surface area contributed by atoms with E-state index in [0.29, 0.717) is 5.95 Å². The molecule has 0 aliphatic rings. The second-order valence-electron chi connectivity index (χ2n) is 3.20. The van der Waals surface area contributed by atoms with Gasteiger partial charge >= 0.3 is 0 Å². The summed E-state index contributed by atoms with van der Waals surface area (Å²) in [6.45, 7) is 3.82. The first-order valence-electron chi connectivity index (χ1n) is 4.33. The fourth-order valence-electron chi connectivity index (χ4n) is 1.22. The summed E-state index contributed by atoms with van der Waals surface area (Å²) >= 11 is 0. The molecule has 4 heteroatoms. The fraction of sp³-hybridized carbons (Fsp3) is 0.556. The van der Waals surface area contributed by atoms with Gasteiger partial charge < -0.3 is 4.90 Å². The Hall–Kier alpha value is -1.32. The number of aromatic amines is 1. The molecule has 1 aromatic heterocycles. The third kappa shape index (κ3) is 1.88. The minimum absolute atomic E-state index is 0.0290. The molecule has 0 aliphatic heterocycles. The predicted molar refractivity (Wildman–Crippen MR) is 53.3 cm³/mol. The molecule has 0 amide bonds. The van der Waals surface area contributed by atoms with E-state index >= 15 is 0 Å². The number of nitrogens with one attached hydrogen (secondary N) is 1. The van der Waals surface area contributed by atoms with Crippen molar-refractivity contribution < 1.29 is 0 Å². The van der Waals surface area contributed by atoms with Gasteiger partial charge in [0, 0.05) is 25.4 Å². The number of H-pyrrole nitrogens is 1. The summed E-state index contributed by atoms with van der Waals surface area (Å²) in [5.41, 5.74) is 1.55. The quantitative estimate of drug-likeness (QED) is 0.731. The van der Waals surface area contributed by atoms with Gasteiger partial charge in [0.2, 0.25) is 5.95 Å². The molecule has 0 saturated heterocycles. The molecule has 4 nitrogen and oxygen atoms in total. The standard InChI is InChI=1S/C9H15N3O/c1-5-7-6(2)10-9(12(3)4)11-8(7)13/h5H2,1-4H3,(H,10,11,13). The largest absolute Gasteiger partial charge is 0.348 e. The molecule has 1 rings (SSSR count). The SMILES string of the molecule is CCc1c(C)nc(N(C)C)[nH]c1=O. The van der Waals surface area contributed by atoms with Gasteiger partial charge in [-0.15, -0.1) is 0 Å². The summed E-state index contributed by atoms with van der Waals surface area (Å²) in [5.74, 6) is 0.611. The normalized spacial score (nSPS) is 10.2. The van der Waals surface area contributed by atoms with Gasteiger partial charge in [0.25, 0.3) is 5.56 Å². The van der Waals surface area contributed by atoms with Crippen LogP contribution >= 0.6 is 0 Å². The highest BCUT2D eigenvalue weighted by Gasteiger charge is 2.06. The van der Waals surface area contributed by atoms with Gasteiger partial charge in [0.1, 0.15) is 0 Å². The van der Waals surface area contributed by atoms with E-state index in [1.807, 2.05) is 27.9 Å². The number of rotatable bonds is 2. The minimum Gasteiger partial charge on any atom is -0.348 e. The zero-order chi connectivity index (χ0) is 10.0. The van der Waals surface area contributed by atoms with Crippen LogP contribution in [0.5, 0.6) is 0 Å². The monoisotopic (exact) mass is 181 g/mol. The summed E-state index contributed by atoms with van der Waals surface area (Å²) in [4.78, 5) is 20.3.